The lowest BCUT2D eigenvalue weighted by atomic mass is 9.66. The molecule has 0 aromatic heterocycles. The second-order valence-corrected chi connectivity index (χ2v) is 16.5. The van der Waals surface area contributed by atoms with E-state index in [1.807, 2.05) is 6.20 Å². The number of nitrogens with zero attached hydrogens (tertiary/aromatic N) is 4. The van der Waals surface area contributed by atoms with Crippen LogP contribution in [0, 0.1) is 29.6 Å². The molecule has 0 spiro atoms. The summed E-state index contributed by atoms with van der Waals surface area (Å²) in [7, 11) is 4.31. The van der Waals surface area contributed by atoms with Gasteiger partial charge < -0.3 is 35.0 Å². The number of ether oxygens (including phenoxy) is 1. The molecule has 270 valence electrons. The molecule has 3 saturated heterocycles. The number of carbonyl (C=O) groups is 3. The lowest BCUT2D eigenvalue weighted by Crippen LogP contribution is -2.73. The lowest BCUT2D eigenvalue weighted by molar-refractivity contribution is -0.206. The second-order valence-electron chi connectivity index (χ2n) is 16.5. The minimum absolute atomic E-state index is 0.0112. The van der Waals surface area contributed by atoms with E-state index in [1.54, 1.807) is 0 Å². The summed E-state index contributed by atoms with van der Waals surface area (Å²) < 4.78 is 23.3. The second kappa shape index (κ2) is 14.1. The van der Waals surface area contributed by atoms with Crippen molar-refractivity contribution < 1.29 is 23.5 Å². The molecule has 11 heteroatoms. The Morgan fingerprint density at radius 3 is 2.63 bits per heavy atom. The maximum Gasteiger partial charge on any atom is 0.256 e. The van der Waals surface area contributed by atoms with Crippen LogP contribution in [0.5, 0.6) is 0 Å². The number of hydrogen-bond acceptors (Lipinski definition) is 9. The number of morpholine rings is 1. The number of ketones is 2. The Labute approximate surface area is 291 Å². The normalized spacial score (nSPS) is 42.3. The van der Waals surface area contributed by atoms with Crippen molar-refractivity contribution in [1.82, 2.24) is 30.2 Å². The highest BCUT2D eigenvalue weighted by molar-refractivity contribution is 6.20. The van der Waals surface area contributed by atoms with E-state index in [-0.39, 0.29) is 59.6 Å². The average molecular weight is 681 g/mol. The van der Waals surface area contributed by atoms with Crippen LogP contribution in [0.2, 0.25) is 0 Å². The summed E-state index contributed by atoms with van der Waals surface area (Å²) in [6, 6.07) is -0.403. The third-order valence-corrected chi connectivity index (χ3v) is 13.9. The molecule has 2 N–H and O–H groups in total. The van der Waals surface area contributed by atoms with Crippen molar-refractivity contribution in [3.05, 3.63) is 23.9 Å². The van der Waals surface area contributed by atoms with Gasteiger partial charge >= 0.3 is 0 Å². The van der Waals surface area contributed by atoms with E-state index in [1.165, 1.54) is 6.42 Å². The number of carbonyl (C=O) groups excluding carboxylic acids is 3. The van der Waals surface area contributed by atoms with Crippen LogP contribution >= 0.6 is 0 Å². The molecule has 8 aliphatic rings. The van der Waals surface area contributed by atoms with E-state index in [2.05, 4.69) is 56.5 Å². The Hall–Kier alpha value is -2.18. The number of likely N-dealkylation sites (N-methyl/N-ethyl adjacent to an activating group) is 1. The zero-order chi connectivity index (χ0) is 33.8. The van der Waals surface area contributed by atoms with Gasteiger partial charge in [-0.2, -0.15) is 0 Å². The number of alkyl halides is 1. The van der Waals surface area contributed by atoms with Crippen molar-refractivity contribution in [1.29, 1.82) is 0 Å². The third kappa shape index (κ3) is 6.34. The van der Waals surface area contributed by atoms with Crippen LogP contribution < -0.4 is 10.6 Å². The maximum absolute atomic E-state index is 16.3. The summed E-state index contributed by atoms with van der Waals surface area (Å²) in [5.74, 6) is -0.321. The largest absolute Gasteiger partial charge is 0.369 e. The number of likely N-dealkylation sites (tertiary alicyclic amines) is 1. The van der Waals surface area contributed by atoms with Crippen molar-refractivity contribution >= 4 is 17.5 Å². The summed E-state index contributed by atoms with van der Waals surface area (Å²) in [5.41, 5.74) is 0.159. The van der Waals surface area contributed by atoms with E-state index in [9.17, 15) is 14.4 Å². The Morgan fingerprint density at radius 2 is 1.84 bits per heavy atom. The molecule has 4 aliphatic carbocycles. The van der Waals surface area contributed by atoms with E-state index in [0.29, 0.717) is 37.3 Å². The molecule has 10 nitrogen and oxygen atoms in total. The van der Waals surface area contributed by atoms with Gasteiger partial charge in [-0.05, 0) is 103 Å². The number of halogens is 1. The molecule has 0 radical (unpaired) electrons. The van der Waals surface area contributed by atoms with Gasteiger partial charge in [-0.1, -0.05) is 12.2 Å². The first kappa shape index (κ1) is 33.9. The lowest BCUT2D eigenvalue weighted by Gasteiger charge is -2.60. The highest BCUT2D eigenvalue weighted by Gasteiger charge is 2.62. The minimum atomic E-state index is -1.27. The first-order chi connectivity index (χ1) is 23.8. The van der Waals surface area contributed by atoms with E-state index in [4.69, 9.17) is 4.74 Å². The van der Waals surface area contributed by atoms with Crippen LogP contribution in [-0.2, 0) is 19.1 Å². The number of amides is 1. The van der Waals surface area contributed by atoms with E-state index in [0.717, 1.165) is 77.8 Å². The van der Waals surface area contributed by atoms with E-state index < -0.39 is 24.2 Å². The average Bonchev–Trinajstić information content (AvgIpc) is 3.64. The van der Waals surface area contributed by atoms with Crippen molar-refractivity contribution in [3.8, 4) is 0 Å². The molecule has 12 unspecified atom stereocenters. The molecule has 49 heavy (non-hydrogen) atoms. The molecule has 4 heterocycles. The predicted molar refractivity (Wildman–Crippen MR) is 184 cm³/mol. The van der Waals surface area contributed by atoms with Gasteiger partial charge in [0.05, 0.1) is 35.9 Å². The fraction of sp³-hybridized carbons (Fsp3) is 0.816. The molecule has 0 aromatic rings. The van der Waals surface area contributed by atoms with Crippen molar-refractivity contribution in [2.24, 2.45) is 29.6 Å². The highest BCUT2D eigenvalue weighted by atomic mass is 19.1. The number of rotatable bonds is 9. The smallest absolute Gasteiger partial charge is 0.256 e. The Morgan fingerprint density at radius 1 is 1.00 bits per heavy atom. The zero-order valence-corrected chi connectivity index (χ0v) is 29.5. The maximum atomic E-state index is 16.3. The van der Waals surface area contributed by atoms with Gasteiger partial charge in [0.1, 0.15) is 12.0 Å². The molecule has 1 amide bonds. The van der Waals surface area contributed by atoms with Crippen LogP contribution in [0.1, 0.15) is 57.8 Å². The summed E-state index contributed by atoms with van der Waals surface area (Å²) in [4.78, 5) is 50.9. The number of nitrogens with one attached hydrogen (secondary N) is 2. The Bertz CT molecular complexity index is 1330. The van der Waals surface area contributed by atoms with Crippen molar-refractivity contribution in [3.63, 3.8) is 0 Å². The van der Waals surface area contributed by atoms with Crippen LogP contribution in [-0.4, -0.2) is 146 Å². The van der Waals surface area contributed by atoms with Gasteiger partial charge in [0.15, 0.2) is 5.78 Å². The predicted octanol–water partition coefficient (Wildman–Crippen LogP) is 2.01. The molecule has 0 aromatic carbocycles. The monoisotopic (exact) mass is 680 g/mol. The van der Waals surface area contributed by atoms with Gasteiger partial charge in [0.25, 0.3) is 5.91 Å². The molecule has 12 atom stereocenters. The fourth-order valence-electron chi connectivity index (χ4n) is 11.2. The third-order valence-electron chi connectivity index (χ3n) is 13.9. The molecular weight excluding hydrogens is 623 g/mol. The van der Waals surface area contributed by atoms with Gasteiger partial charge in [0, 0.05) is 62.7 Å². The molecule has 6 fully saturated rings. The van der Waals surface area contributed by atoms with Gasteiger partial charge in [0.2, 0.25) is 0 Å². The van der Waals surface area contributed by atoms with Gasteiger partial charge in [-0.25, -0.2) is 4.39 Å². The van der Waals surface area contributed by atoms with Crippen molar-refractivity contribution in [2.45, 2.75) is 100 Å². The number of Topliss-reactive ketones (excluding diaryl/α,β-unsaturated/α-hetero) is 2. The van der Waals surface area contributed by atoms with E-state index >= 15 is 4.39 Å². The topological polar surface area (TPSA) is 97.5 Å². The Kier molecular flexibility index (Phi) is 9.76. The SMILES string of the molecule is CN1CCN(CCCNC(=O)C2=CN3C4CC5C(CC4OC4C(NCCC6CCCN6C)C(F)CC(C2=O)C43)C(=O)C2C=CCCC25)CC1. The molecular formula is C38H57FN6O4. The van der Waals surface area contributed by atoms with Crippen LogP contribution in [0.15, 0.2) is 23.9 Å². The number of fused-ring (bicyclic) bond motifs is 5. The summed E-state index contributed by atoms with van der Waals surface area (Å²) >= 11 is 0. The van der Waals surface area contributed by atoms with Crippen LogP contribution in [0.25, 0.3) is 0 Å². The molecule has 0 bridgehead atoms. The van der Waals surface area contributed by atoms with Gasteiger partial charge in [-0.15, -0.1) is 0 Å². The Balaban J connectivity index is 1.02. The fourth-order valence-corrected chi connectivity index (χ4v) is 11.2. The quantitative estimate of drug-likeness (QED) is 0.216. The van der Waals surface area contributed by atoms with Gasteiger partial charge in [-0.3, -0.25) is 14.4 Å². The first-order valence-electron chi connectivity index (χ1n) is 19.4. The summed E-state index contributed by atoms with van der Waals surface area (Å²) in [5, 5.41) is 6.61. The number of piperazine rings is 1. The minimum Gasteiger partial charge on any atom is -0.369 e. The zero-order valence-electron chi connectivity index (χ0n) is 29.5. The van der Waals surface area contributed by atoms with Crippen molar-refractivity contribution in [2.75, 3.05) is 66.5 Å². The standard InChI is InChI=1S/C38H57FN6O4/c1-42-15-17-44(18-16-42)14-6-11-41-38(48)29-22-45-31-20-26-24-8-3-4-9-25(24)35(46)27(26)21-32(31)49-37-33(30(39)19-28(34(37)45)36(29)47)40-12-10-23-7-5-13-43(23)2/h4,9,22-28,30-34,37,40H,3,5-8,10-21H2,1-2H3,(H,41,48). The molecule has 4 aliphatic heterocycles. The number of allylic oxidation sites excluding steroid dienone is 2. The summed E-state index contributed by atoms with van der Waals surface area (Å²) in [6.45, 7) is 7.37. The van der Waals surface area contributed by atoms with Crippen LogP contribution in [0.4, 0.5) is 4.39 Å². The first-order valence-corrected chi connectivity index (χ1v) is 19.4. The highest BCUT2D eigenvalue weighted by Crippen LogP contribution is 2.55. The number of hydrogen-bond donors (Lipinski definition) is 2. The molecule has 3 saturated carbocycles. The summed E-state index contributed by atoms with van der Waals surface area (Å²) in [6.07, 6.45) is 11.8. The van der Waals surface area contributed by atoms with Crippen LogP contribution in [0.3, 0.4) is 0 Å². The molecule has 8 rings (SSSR count).